The van der Waals surface area contributed by atoms with Gasteiger partial charge in [-0.2, -0.15) is 0 Å². The monoisotopic (exact) mass is 245 g/mol. The molecule has 0 unspecified atom stereocenters. The van der Waals surface area contributed by atoms with Crippen LogP contribution in [0.25, 0.3) is 0 Å². The number of aryl methyl sites for hydroxylation is 1. The van der Waals surface area contributed by atoms with Crippen LogP contribution in [-0.2, 0) is 24.8 Å². The highest BCUT2D eigenvalue weighted by atomic mass is 15.1. The molecule has 1 heterocycles. The Hall–Kier alpha value is -0.820. The maximum absolute atomic E-state index is 2.55. The van der Waals surface area contributed by atoms with E-state index in [2.05, 4.69) is 51.7 Å². The minimum absolute atomic E-state index is 0.257. The molecule has 0 fully saturated rings. The van der Waals surface area contributed by atoms with E-state index in [1.165, 1.54) is 31.5 Å². The van der Waals surface area contributed by atoms with E-state index in [0.717, 1.165) is 6.54 Å². The molecule has 1 aromatic carbocycles. The van der Waals surface area contributed by atoms with Crippen LogP contribution in [0.2, 0.25) is 0 Å². The second kappa shape index (κ2) is 5.05. The van der Waals surface area contributed by atoms with E-state index >= 15 is 0 Å². The quantitative estimate of drug-likeness (QED) is 0.763. The number of hydrogen-bond acceptors (Lipinski definition) is 1. The van der Waals surface area contributed by atoms with Crippen LogP contribution in [0.1, 0.15) is 56.9 Å². The molecule has 0 saturated carbocycles. The molecule has 0 N–H and O–H groups in total. The molecule has 1 aromatic rings. The highest BCUT2D eigenvalue weighted by molar-refractivity contribution is 5.43. The van der Waals surface area contributed by atoms with Gasteiger partial charge in [-0.15, -0.1) is 0 Å². The van der Waals surface area contributed by atoms with Crippen molar-refractivity contribution < 1.29 is 0 Å². The van der Waals surface area contributed by atoms with E-state index in [1.54, 1.807) is 16.7 Å². The summed E-state index contributed by atoms with van der Waals surface area (Å²) in [7, 11) is 0. The Morgan fingerprint density at radius 1 is 1.17 bits per heavy atom. The average Bonchev–Trinajstić information content (AvgIpc) is 2.35. The van der Waals surface area contributed by atoms with Crippen molar-refractivity contribution in [2.75, 3.05) is 13.1 Å². The van der Waals surface area contributed by atoms with Crippen LogP contribution in [-0.4, -0.2) is 18.0 Å². The molecule has 100 valence electrons. The van der Waals surface area contributed by atoms with E-state index < -0.39 is 0 Å². The fraction of sp³-hybridized carbons (Fsp3) is 0.647. The van der Waals surface area contributed by atoms with Crippen LogP contribution in [0.15, 0.2) is 12.1 Å². The van der Waals surface area contributed by atoms with Gasteiger partial charge < -0.3 is 0 Å². The molecule has 0 aromatic heterocycles. The van der Waals surface area contributed by atoms with Gasteiger partial charge in [0.25, 0.3) is 0 Å². The van der Waals surface area contributed by atoms with Gasteiger partial charge in [0, 0.05) is 13.1 Å². The largest absolute Gasteiger partial charge is 0.299 e. The van der Waals surface area contributed by atoms with Crippen molar-refractivity contribution in [2.24, 2.45) is 0 Å². The highest BCUT2D eigenvalue weighted by Crippen LogP contribution is 2.30. The fourth-order valence-electron chi connectivity index (χ4n) is 2.87. The summed E-state index contributed by atoms with van der Waals surface area (Å²) in [6.07, 6.45) is 2.40. The number of hydrogen-bond donors (Lipinski definition) is 0. The first-order chi connectivity index (χ1) is 8.45. The maximum Gasteiger partial charge on any atom is 0.0236 e. The second-order valence-corrected chi connectivity index (χ2v) is 6.50. The normalized spacial score (nSPS) is 16.7. The topological polar surface area (TPSA) is 3.24 Å². The molecular weight excluding hydrogens is 218 g/mol. The van der Waals surface area contributed by atoms with Gasteiger partial charge in [0.15, 0.2) is 0 Å². The van der Waals surface area contributed by atoms with E-state index in [1.807, 2.05) is 0 Å². The first-order valence-electron chi connectivity index (χ1n) is 7.33. The van der Waals surface area contributed by atoms with E-state index in [-0.39, 0.29) is 5.41 Å². The predicted octanol–water partition coefficient (Wildman–Crippen LogP) is 3.92. The van der Waals surface area contributed by atoms with Crippen molar-refractivity contribution in [3.8, 4) is 0 Å². The van der Waals surface area contributed by atoms with Crippen molar-refractivity contribution in [3.05, 3.63) is 34.4 Å². The number of nitrogens with zero attached hydrogens (tertiary/aromatic N) is 1. The minimum Gasteiger partial charge on any atom is -0.299 e. The number of rotatable bonds is 2. The molecule has 0 radical (unpaired) electrons. The molecule has 0 bridgehead atoms. The minimum atomic E-state index is 0.257. The summed E-state index contributed by atoms with van der Waals surface area (Å²) in [5.74, 6) is 0. The summed E-state index contributed by atoms with van der Waals surface area (Å²) in [5.41, 5.74) is 6.54. The van der Waals surface area contributed by atoms with Gasteiger partial charge in [-0.3, -0.25) is 4.90 Å². The van der Waals surface area contributed by atoms with Gasteiger partial charge in [0.2, 0.25) is 0 Å². The second-order valence-electron chi connectivity index (χ2n) is 6.50. The van der Waals surface area contributed by atoms with Gasteiger partial charge in [0.1, 0.15) is 0 Å². The standard InChI is InChI=1S/C17H27N/c1-6-13-10-15(17(3,4)5)11-14-12-18(7-2)9-8-16(13)14/h10-11H,6-9,12H2,1-5H3. The Morgan fingerprint density at radius 2 is 1.89 bits per heavy atom. The third kappa shape index (κ3) is 2.61. The fourth-order valence-corrected chi connectivity index (χ4v) is 2.87. The Labute approximate surface area is 112 Å². The van der Waals surface area contributed by atoms with Crippen molar-refractivity contribution in [1.29, 1.82) is 0 Å². The molecular formula is C17H27N. The lowest BCUT2D eigenvalue weighted by molar-refractivity contribution is 0.267. The van der Waals surface area contributed by atoms with Crippen molar-refractivity contribution >= 4 is 0 Å². The first kappa shape index (κ1) is 13.6. The number of fused-ring (bicyclic) bond motifs is 1. The lowest BCUT2D eigenvalue weighted by atomic mass is 9.81. The Kier molecular flexibility index (Phi) is 3.82. The predicted molar refractivity (Wildman–Crippen MR) is 79.2 cm³/mol. The summed E-state index contributed by atoms with van der Waals surface area (Å²) < 4.78 is 0. The number of likely N-dealkylation sites (N-methyl/N-ethyl adjacent to an activating group) is 1. The molecule has 0 saturated heterocycles. The smallest absolute Gasteiger partial charge is 0.0236 e. The highest BCUT2D eigenvalue weighted by Gasteiger charge is 2.21. The summed E-state index contributed by atoms with van der Waals surface area (Å²) in [4.78, 5) is 2.55. The SMILES string of the molecule is CCc1cc(C(C)(C)C)cc2c1CCN(CC)C2. The summed E-state index contributed by atoms with van der Waals surface area (Å²) >= 11 is 0. The lowest BCUT2D eigenvalue weighted by Gasteiger charge is -2.31. The zero-order valence-corrected chi connectivity index (χ0v) is 12.6. The molecule has 1 aliphatic rings. The van der Waals surface area contributed by atoms with E-state index in [0.29, 0.717) is 0 Å². The van der Waals surface area contributed by atoms with E-state index in [4.69, 9.17) is 0 Å². The summed E-state index contributed by atoms with van der Waals surface area (Å²) in [5, 5.41) is 0. The molecule has 0 aliphatic carbocycles. The average molecular weight is 245 g/mol. The van der Waals surface area contributed by atoms with Crippen molar-refractivity contribution in [3.63, 3.8) is 0 Å². The van der Waals surface area contributed by atoms with Gasteiger partial charge >= 0.3 is 0 Å². The van der Waals surface area contributed by atoms with Gasteiger partial charge in [0.05, 0.1) is 0 Å². The van der Waals surface area contributed by atoms with Crippen LogP contribution < -0.4 is 0 Å². The molecule has 0 atom stereocenters. The Balaban J connectivity index is 2.46. The van der Waals surface area contributed by atoms with Crippen LogP contribution >= 0.6 is 0 Å². The molecule has 2 rings (SSSR count). The molecule has 1 aliphatic heterocycles. The summed E-state index contributed by atoms with van der Waals surface area (Å²) in [6.45, 7) is 15.0. The zero-order chi connectivity index (χ0) is 13.3. The number of benzene rings is 1. The third-order valence-electron chi connectivity index (χ3n) is 4.20. The molecule has 0 amide bonds. The maximum atomic E-state index is 2.55. The third-order valence-corrected chi connectivity index (χ3v) is 4.20. The van der Waals surface area contributed by atoms with Crippen LogP contribution in [0.4, 0.5) is 0 Å². The molecule has 1 nitrogen and oxygen atoms in total. The van der Waals surface area contributed by atoms with Crippen LogP contribution in [0.5, 0.6) is 0 Å². The molecule has 18 heavy (non-hydrogen) atoms. The van der Waals surface area contributed by atoms with Crippen LogP contribution in [0.3, 0.4) is 0 Å². The molecule has 1 heteroatoms. The van der Waals surface area contributed by atoms with Gasteiger partial charge in [-0.05, 0) is 47.1 Å². The zero-order valence-electron chi connectivity index (χ0n) is 12.6. The lowest BCUT2D eigenvalue weighted by Crippen LogP contribution is -2.31. The van der Waals surface area contributed by atoms with Crippen molar-refractivity contribution in [2.45, 2.75) is 59.4 Å². The van der Waals surface area contributed by atoms with E-state index in [9.17, 15) is 0 Å². The molecule has 0 spiro atoms. The Morgan fingerprint density at radius 3 is 2.44 bits per heavy atom. The first-order valence-corrected chi connectivity index (χ1v) is 7.33. The Bertz CT molecular complexity index is 426. The van der Waals surface area contributed by atoms with Crippen LogP contribution in [0, 0.1) is 0 Å². The van der Waals surface area contributed by atoms with Crippen molar-refractivity contribution in [1.82, 2.24) is 4.90 Å². The van der Waals surface area contributed by atoms with Gasteiger partial charge in [-0.25, -0.2) is 0 Å². The van der Waals surface area contributed by atoms with Gasteiger partial charge in [-0.1, -0.05) is 46.8 Å². The summed E-state index contributed by atoms with van der Waals surface area (Å²) in [6, 6.07) is 4.90.